The number of hydrogen-bond acceptors (Lipinski definition) is 6. The highest BCUT2D eigenvalue weighted by molar-refractivity contribution is 7.71. The molecule has 1 amide bonds. The van der Waals surface area contributed by atoms with Gasteiger partial charge in [-0.1, -0.05) is 18.2 Å². The largest absolute Gasteiger partial charge is 0.494 e. The molecule has 1 atom stereocenters. The van der Waals surface area contributed by atoms with E-state index in [0.29, 0.717) is 18.1 Å². The fraction of sp³-hybridized carbons (Fsp3) is 0.368. The van der Waals surface area contributed by atoms with E-state index in [0.717, 1.165) is 5.56 Å². The van der Waals surface area contributed by atoms with Crippen molar-refractivity contribution in [2.45, 2.75) is 26.3 Å². The van der Waals surface area contributed by atoms with Crippen LogP contribution < -0.4 is 10.3 Å². The third-order valence-electron chi connectivity index (χ3n) is 4.73. The summed E-state index contributed by atoms with van der Waals surface area (Å²) in [5.74, 6) is 0.113. The summed E-state index contributed by atoms with van der Waals surface area (Å²) in [4.78, 5) is 25.0. The monoisotopic (exact) mass is 402 g/mol. The topological polar surface area (TPSA) is 89.1 Å². The van der Waals surface area contributed by atoms with E-state index in [1.807, 2.05) is 31.2 Å². The van der Waals surface area contributed by atoms with Gasteiger partial charge < -0.3 is 9.84 Å². The normalized spacial score (nSPS) is 16.2. The maximum atomic E-state index is 12.8. The Morgan fingerprint density at radius 2 is 2.00 bits per heavy atom. The van der Waals surface area contributed by atoms with Crippen LogP contribution in [0.15, 0.2) is 34.2 Å². The van der Waals surface area contributed by atoms with Crippen LogP contribution in [0, 0.1) is 4.77 Å². The standard InChI is InChI=1S/C19H22N4O4S/c1-5-27-15-9-7-6-8-12(15)14-10-13(20-23(14)11(2)24)16-17(25)21(3)19(28)22(4)18(16)26/h6-9,14,25H,5,10H2,1-4H3. The Morgan fingerprint density at radius 1 is 1.32 bits per heavy atom. The summed E-state index contributed by atoms with van der Waals surface area (Å²) < 4.78 is 8.50. The highest BCUT2D eigenvalue weighted by Crippen LogP contribution is 2.38. The molecule has 3 rings (SSSR count). The Balaban J connectivity index is 2.14. The molecule has 0 saturated carbocycles. The summed E-state index contributed by atoms with van der Waals surface area (Å²) in [5.41, 5.74) is 0.705. The molecule has 0 bridgehead atoms. The number of hydrogen-bond donors (Lipinski definition) is 1. The van der Waals surface area contributed by atoms with Crippen molar-refractivity contribution < 1.29 is 14.6 Å². The number of carbonyl (C=O) groups excluding carboxylic acids is 1. The van der Waals surface area contributed by atoms with Crippen molar-refractivity contribution in [3.8, 4) is 11.6 Å². The number of hydrazone groups is 1. The molecule has 2 aromatic rings. The number of amides is 1. The molecule has 0 fully saturated rings. The Hall–Kier alpha value is -2.94. The van der Waals surface area contributed by atoms with Gasteiger partial charge in [-0.05, 0) is 25.2 Å². The number of ether oxygens (including phenoxy) is 1. The van der Waals surface area contributed by atoms with Crippen LogP contribution in [0.1, 0.15) is 37.4 Å². The van der Waals surface area contributed by atoms with Gasteiger partial charge in [0.15, 0.2) is 4.77 Å². The average molecular weight is 402 g/mol. The number of benzene rings is 1. The third kappa shape index (κ3) is 3.22. The third-order valence-corrected chi connectivity index (χ3v) is 5.28. The van der Waals surface area contributed by atoms with E-state index in [2.05, 4.69) is 5.10 Å². The van der Waals surface area contributed by atoms with Crippen LogP contribution in [-0.4, -0.2) is 37.5 Å². The van der Waals surface area contributed by atoms with Crippen molar-refractivity contribution >= 4 is 23.8 Å². The van der Waals surface area contributed by atoms with Crippen LogP contribution in [0.5, 0.6) is 11.6 Å². The molecule has 8 nitrogen and oxygen atoms in total. The lowest BCUT2D eigenvalue weighted by atomic mass is 9.98. The second kappa shape index (κ2) is 7.59. The number of carbonyl (C=O) groups is 1. The van der Waals surface area contributed by atoms with Crippen molar-refractivity contribution in [2.75, 3.05) is 6.61 Å². The average Bonchev–Trinajstić information content (AvgIpc) is 3.11. The number of nitrogens with zero attached hydrogens (tertiary/aromatic N) is 4. The zero-order valence-corrected chi connectivity index (χ0v) is 17.0. The first kappa shape index (κ1) is 19.8. The highest BCUT2D eigenvalue weighted by Gasteiger charge is 2.35. The van der Waals surface area contributed by atoms with Crippen molar-refractivity contribution in [1.82, 2.24) is 14.1 Å². The van der Waals surface area contributed by atoms with E-state index in [4.69, 9.17) is 17.0 Å². The lowest BCUT2D eigenvalue weighted by Gasteiger charge is -2.22. The van der Waals surface area contributed by atoms with Gasteiger partial charge in [0.2, 0.25) is 11.8 Å². The molecule has 0 saturated heterocycles. The van der Waals surface area contributed by atoms with E-state index < -0.39 is 11.6 Å². The van der Waals surface area contributed by atoms with Crippen LogP contribution in [-0.2, 0) is 18.9 Å². The fourth-order valence-electron chi connectivity index (χ4n) is 3.32. The molecule has 28 heavy (non-hydrogen) atoms. The Labute approximate surface area is 167 Å². The van der Waals surface area contributed by atoms with Crippen LogP contribution in [0.4, 0.5) is 0 Å². The van der Waals surface area contributed by atoms with Gasteiger partial charge in [-0.3, -0.25) is 18.7 Å². The minimum Gasteiger partial charge on any atom is -0.494 e. The summed E-state index contributed by atoms with van der Waals surface area (Å²) in [6.07, 6.45) is 0.267. The molecule has 1 aliphatic rings. The van der Waals surface area contributed by atoms with Crippen LogP contribution >= 0.6 is 12.2 Å². The number of aromatic hydroxyl groups is 1. The number of para-hydroxylation sites is 1. The smallest absolute Gasteiger partial charge is 0.267 e. The first-order valence-corrected chi connectivity index (χ1v) is 9.27. The van der Waals surface area contributed by atoms with E-state index in [1.165, 1.54) is 28.1 Å². The zero-order valence-electron chi connectivity index (χ0n) is 16.2. The molecule has 1 aliphatic heterocycles. The maximum absolute atomic E-state index is 12.8. The first-order chi connectivity index (χ1) is 13.3. The number of aromatic nitrogens is 2. The van der Waals surface area contributed by atoms with E-state index >= 15 is 0 Å². The van der Waals surface area contributed by atoms with Gasteiger partial charge in [-0.15, -0.1) is 0 Å². The van der Waals surface area contributed by atoms with Crippen molar-refractivity contribution in [2.24, 2.45) is 19.2 Å². The zero-order chi connectivity index (χ0) is 20.6. The molecule has 1 aromatic heterocycles. The number of rotatable bonds is 4. The summed E-state index contributed by atoms with van der Waals surface area (Å²) in [6, 6.07) is 6.98. The van der Waals surface area contributed by atoms with Gasteiger partial charge in [0.05, 0.1) is 18.4 Å². The van der Waals surface area contributed by atoms with E-state index in [1.54, 1.807) is 7.05 Å². The molecule has 2 heterocycles. The van der Waals surface area contributed by atoms with E-state index in [9.17, 15) is 14.7 Å². The van der Waals surface area contributed by atoms with Crippen molar-refractivity contribution in [3.05, 3.63) is 50.5 Å². The molecule has 1 N–H and O–H groups in total. The van der Waals surface area contributed by atoms with Gasteiger partial charge in [0, 0.05) is 33.0 Å². The Morgan fingerprint density at radius 3 is 2.64 bits per heavy atom. The fourth-order valence-corrected chi connectivity index (χ4v) is 3.49. The lowest BCUT2D eigenvalue weighted by molar-refractivity contribution is -0.130. The maximum Gasteiger partial charge on any atom is 0.267 e. The van der Waals surface area contributed by atoms with Crippen molar-refractivity contribution in [1.29, 1.82) is 0 Å². The van der Waals surface area contributed by atoms with E-state index in [-0.39, 0.29) is 28.5 Å². The molecule has 1 unspecified atom stereocenters. The van der Waals surface area contributed by atoms with Crippen LogP contribution in [0.3, 0.4) is 0 Å². The van der Waals surface area contributed by atoms with Crippen LogP contribution in [0.2, 0.25) is 0 Å². The molecule has 148 valence electrons. The van der Waals surface area contributed by atoms with Gasteiger partial charge in [-0.2, -0.15) is 5.10 Å². The van der Waals surface area contributed by atoms with Gasteiger partial charge in [0.25, 0.3) is 5.56 Å². The minimum absolute atomic E-state index is 0.0428. The summed E-state index contributed by atoms with van der Waals surface area (Å²) >= 11 is 5.16. The van der Waals surface area contributed by atoms with Crippen LogP contribution in [0.25, 0.3) is 0 Å². The first-order valence-electron chi connectivity index (χ1n) is 8.86. The van der Waals surface area contributed by atoms with Gasteiger partial charge >= 0.3 is 0 Å². The molecule has 0 spiro atoms. The molecule has 0 aliphatic carbocycles. The minimum atomic E-state index is -0.457. The molecule has 1 aromatic carbocycles. The Kier molecular flexibility index (Phi) is 5.37. The molecule has 9 heteroatoms. The Bertz CT molecular complexity index is 1090. The van der Waals surface area contributed by atoms with Gasteiger partial charge in [0.1, 0.15) is 11.3 Å². The lowest BCUT2D eigenvalue weighted by Crippen LogP contribution is -2.28. The molecule has 0 radical (unpaired) electrons. The summed E-state index contributed by atoms with van der Waals surface area (Å²) in [7, 11) is 3.11. The SMILES string of the molecule is CCOc1ccccc1C1CC(c2c(O)n(C)c(=S)n(C)c2=O)=NN1C(C)=O. The summed E-state index contributed by atoms with van der Waals surface area (Å²) in [5, 5.41) is 16.2. The second-order valence-corrected chi connectivity index (χ2v) is 6.87. The molecular weight excluding hydrogens is 380 g/mol. The van der Waals surface area contributed by atoms with Gasteiger partial charge in [-0.25, -0.2) is 5.01 Å². The second-order valence-electron chi connectivity index (χ2n) is 6.51. The molecular formula is C19H22N4O4S. The highest BCUT2D eigenvalue weighted by atomic mass is 32.1. The predicted octanol–water partition coefficient (Wildman–Crippen LogP) is 2.26. The van der Waals surface area contributed by atoms with Crippen molar-refractivity contribution in [3.63, 3.8) is 0 Å². The quantitative estimate of drug-likeness (QED) is 0.793. The predicted molar refractivity (Wildman–Crippen MR) is 107 cm³/mol. The summed E-state index contributed by atoms with van der Waals surface area (Å²) in [6.45, 7) is 3.77.